The number of hydrogen-bond donors (Lipinski definition) is 1. The van der Waals surface area contributed by atoms with Gasteiger partial charge in [0.05, 0.1) is 0 Å². The molecule has 1 unspecified atom stereocenters. The second-order valence-corrected chi connectivity index (χ2v) is 10.8. The number of aryl methyl sites for hydroxylation is 1. The van der Waals surface area contributed by atoms with E-state index in [9.17, 15) is 5.26 Å². The van der Waals surface area contributed by atoms with E-state index < -0.39 is 0 Å². The zero-order chi connectivity index (χ0) is 23.3. The van der Waals surface area contributed by atoms with Crippen LogP contribution in [0.15, 0.2) is 10.1 Å². The van der Waals surface area contributed by atoms with E-state index in [1.54, 1.807) is 11.3 Å². The summed E-state index contributed by atoms with van der Waals surface area (Å²) in [5, 5.41) is 14.3. The van der Waals surface area contributed by atoms with E-state index in [0.717, 1.165) is 91.8 Å². The number of anilines is 1. The first kappa shape index (κ1) is 29.0. The van der Waals surface area contributed by atoms with Crippen LogP contribution in [-0.2, 0) is 71.6 Å². The van der Waals surface area contributed by atoms with E-state index in [1.807, 2.05) is 0 Å². The second-order valence-electron chi connectivity index (χ2n) is 8.12. The average molecular weight is 757 g/mol. The number of nitrogen functional groups attached to an aromatic ring is 1. The van der Waals surface area contributed by atoms with E-state index in [4.69, 9.17) is 24.7 Å². The molecular weight excluding hydrogens is 732 g/mol. The first-order valence-corrected chi connectivity index (χ1v) is 13.8. The van der Waals surface area contributed by atoms with Crippen LogP contribution in [0, 0.1) is 23.7 Å². The number of allylic oxidation sites excluding steroid dienone is 1. The van der Waals surface area contributed by atoms with Crippen molar-refractivity contribution >= 4 is 32.8 Å². The first-order chi connectivity index (χ1) is 15.4. The maximum absolute atomic E-state index is 9.47. The van der Waals surface area contributed by atoms with Crippen LogP contribution in [0.2, 0.25) is 0 Å². The molecule has 1 atom stereocenters. The topological polar surface area (TPSA) is 75.8 Å². The molecule has 1 saturated carbocycles. The van der Waals surface area contributed by atoms with Gasteiger partial charge in [0.1, 0.15) is 0 Å². The fourth-order valence-corrected chi connectivity index (χ4v) is 6.48. The summed E-state index contributed by atoms with van der Waals surface area (Å²) < 4.78 is 10.1. The Bertz CT molecular complexity index is 1060. The average Bonchev–Trinajstić information content (AvgIpc) is 3.28. The molecule has 0 aliphatic heterocycles. The summed E-state index contributed by atoms with van der Waals surface area (Å²) in [6, 6.07) is 2.29. The van der Waals surface area contributed by atoms with Gasteiger partial charge in [0.25, 0.3) is 0 Å². The Labute approximate surface area is 238 Å². The van der Waals surface area contributed by atoms with Crippen molar-refractivity contribution in [2.75, 3.05) is 5.73 Å². The first-order valence-electron chi connectivity index (χ1n) is 10.8. The van der Waals surface area contributed by atoms with Crippen molar-refractivity contribution in [3.05, 3.63) is 51.0 Å². The minimum atomic E-state index is 0. The van der Waals surface area contributed by atoms with E-state index >= 15 is 0 Å². The number of fused-ring (bicyclic) bond motifs is 1. The van der Waals surface area contributed by atoms with Crippen molar-refractivity contribution in [2.45, 2.75) is 70.6 Å². The molecule has 2 aliphatic carbocycles. The van der Waals surface area contributed by atoms with Gasteiger partial charge in [-0.05, 0) is 0 Å². The van der Waals surface area contributed by atoms with Gasteiger partial charge < -0.3 is 0 Å². The molecule has 2 radical (unpaired) electrons. The predicted octanol–water partition coefficient (Wildman–Crippen LogP) is 4.52. The van der Waals surface area contributed by atoms with Gasteiger partial charge in [0, 0.05) is 0 Å². The van der Waals surface area contributed by atoms with Gasteiger partial charge in [-0.1, -0.05) is 0 Å². The third kappa shape index (κ3) is 6.92. The van der Waals surface area contributed by atoms with Crippen LogP contribution >= 0.6 is 11.3 Å². The van der Waals surface area contributed by atoms with Crippen molar-refractivity contribution in [3.63, 3.8) is 0 Å². The fourth-order valence-electron chi connectivity index (χ4n) is 4.29. The number of nitrogens with zero attached hydrogens (tertiary/aromatic N) is 2. The van der Waals surface area contributed by atoms with Crippen LogP contribution in [0.3, 0.4) is 0 Å². The molecule has 0 saturated heterocycles. The van der Waals surface area contributed by atoms with Crippen LogP contribution in [0.25, 0.3) is 0 Å². The Balaban J connectivity index is 0.000000297. The van der Waals surface area contributed by atoms with E-state index in [-0.39, 0.29) is 28.3 Å². The minimum absolute atomic E-state index is 0. The van der Waals surface area contributed by atoms with Crippen LogP contribution in [0.1, 0.15) is 90.8 Å². The molecule has 2 aromatic heterocycles. The summed E-state index contributed by atoms with van der Waals surface area (Å²) in [5.74, 6) is 2.09. The molecule has 0 spiro atoms. The predicted molar refractivity (Wildman–Crippen MR) is 123 cm³/mol. The second kappa shape index (κ2) is 13.7. The van der Waals surface area contributed by atoms with Gasteiger partial charge in [-0.15, -0.1) is 0 Å². The van der Waals surface area contributed by atoms with Crippen molar-refractivity contribution in [1.82, 2.24) is 5.16 Å². The normalized spacial score (nSPS) is 18.2. The summed E-state index contributed by atoms with van der Waals surface area (Å²) in [5.41, 5.74) is 10.8. The van der Waals surface area contributed by atoms with Crippen LogP contribution in [0.4, 0.5) is 5.00 Å². The zero-order valence-electron chi connectivity index (χ0n) is 18.5. The summed E-state index contributed by atoms with van der Waals surface area (Å²) in [7, 11) is 5.70. The van der Waals surface area contributed by atoms with Crippen LogP contribution in [-0.4, -0.2) is 21.6 Å². The van der Waals surface area contributed by atoms with Gasteiger partial charge in [-0.2, -0.15) is 0 Å². The van der Waals surface area contributed by atoms with Crippen molar-refractivity contribution < 1.29 is 63.2 Å². The molecule has 2 N–H and O–H groups in total. The van der Waals surface area contributed by atoms with Gasteiger partial charge in [-0.3, -0.25) is 0 Å². The monoisotopic (exact) mass is 756 g/mol. The maximum atomic E-state index is 9.47. The van der Waals surface area contributed by atoms with Crippen LogP contribution < -0.4 is 5.73 Å². The van der Waals surface area contributed by atoms with E-state index in [1.165, 1.54) is 28.5 Å². The molecule has 2 aromatic rings. The Morgan fingerprint density at radius 2 is 2.21 bits per heavy atom. The summed E-state index contributed by atoms with van der Waals surface area (Å²) in [6.07, 6.45) is 9.07. The quantitative estimate of drug-likeness (QED) is 0.283. The van der Waals surface area contributed by atoms with Crippen LogP contribution in [0.5, 0.6) is 0 Å². The summed E-state index contributed by atoms with van der Waals surface area (Å²) in [6.45, 7) is 7.89. The molecule has 2 aliphatic rings. The number of aromatic nitrogens is 1. The third-order valence-electron chi connectivity index (χ3n) is 5.85. The standard InChI is InChI=1S/C16H16N3OS.C8H9B.Ag.V.W/c1-3-5-10-9(2)19-20-15(10)11-6-4-7-13-14(11)12(8-17)16(18)21-13;1-7-3-2-4-8(9)6-5-7;;;/h11H,3-7,18H2,1H3;1H,2-4,6H2;;;/q-1;-2;+1;;. The number of nitriles is 1. The van der Waals surface area contributed by atoms with Gasteiger partial charge >= 0.3 is 240 Å². The zero-order valence-corrected chi connectivity index (χ0v) is 25.2. The van der Waals surface area contributed by atoms with E-state index in [2.05, 4.69) is 39.5 Å². The number of nitrogens with two attached hydrogens (primary N) is 1. The van der Waals surface area contributed by atoms with Gasteiger partial charge in [0.2, 0.25) is 0 Å². The molecule has 0 aromatic carbocycles. The molecule has 0 amide bonds. The number of hydrogen-bond acceptors (Lipinski definition) is 5. The number of rotatable bonds is 4. The molecule has 4 nitrogen and oxygen atoms in total. The SMILES string of the molecule is CCCc1c([C-]=[W])noc1C1CCCc2sc(N)c(C#N)c21.[Ag+].[B][C-]1CCCC(=[CH-])[C](=[V])C1. The molecule has 9 heteroatoms. The van der Waals surface area contributed by atoms with E-state index in [0.29, 0.717) is 10.6 Å². The van der Waals surface area contributed by atoms with Gasteiger partial charge in [-0.25, -0.2) is 0 Å². The third-order valence-corrected chi connectivity index (χ3v) is 8.33. The fraction of sp³-hybridized carbons (Fsp3) is 0.458. The molecule has 175 valence electrons. The van der Waals surface area contributed by atoms with Crippen molar-refractivity contribution in [1.29, 1.82) is 5.26 Å². The number of thiophene rings is 1. The molecule has 33 heavy (non-hydrogen) atoms. The Hall–Kier alpha value is -0.242. The Morgan fingerprint density at radius 3 is 2.88 bits per heavy atom. The Morgan fingerprint density at radius 1 is 1.45 bits per heavy atom. The Kier molecular flexibility index (Phi) is 12.1. The molecule has 2 heterocycles. The molecular formula is C24H25AgBN3OSVW-2. The summed E-state index contributed by atoms with van der Waals surface area (Å²) >= 11 is 5.31. The van der Waals surface area contributed by atoms with Crippen molar-refractivity contribution in [2.24, 2.45) is 0 Å². The van der Waals surface area contributed by atoms with Gasteiger partial charge in [0.15, 0.2) is 0 Å². The van der Waals surface area contributed by atoms with Crippen molar-refractivity contribution in [3.8, 4) is 6.07 Å². The summed E-state index contributed by atoms with van der Waals surface area (Å²) in [4.78, 5) is 1.24. The molecule has 4 rings (SSSR count). The molecule has 0 bridgehead atoms. The molecule has 1 fully saturated rings.